The molecule has 0 heterocycles. The summed E-state index contributed by atoms with van der Waals surface area (Å²) in [5, 5.41) is 13.7. The summed E-state index contributed by atoms with van der Waals surface area (Å²) in [6.07, 6.45) is 16.6. The van der Waals surface area contributed by atoms with Gasteiger partial charge in [-0.1, -0.05) is 6.07 Å². The molecule has 1 aromatic carbocycles. The summed E-state index contributed by atoms with van der Waals surface area (Å²) in [5.41, 5.74) is 6.70. The minimum atomic E-state index is -0.626. The summed E-state index contributed by atoms with van der Waals surface area (Å²) < 4.78 is 0. The molecule has 8 saturated carbocycles. The highest BCUT2D eigenvalue weighted by molar-refractivity contribution is 5.48. The van der Waals surface area contributed by atoms with Gasteiger partial charge in [-0.05, 0) is 168 Å². The molecule has 0 radical (unpaired) electrons. The summed E-state index contributed by atoms with van der Waals surface area (Å²) in [6, 6.07) is 2.48. The van der Waals surface area contributed by atoms with Crippen molar-refractivity contribution in [2.24, 2.45) is 46.3 Å². The summed E-state index contributed by atoms with van der Waals surface area (Å²) in [7, 11) is 0. The Labute approximate surface area is 195 Å². The molecule has 1 heteroatoms. The fraction of sp³-hybridized carbons (Fsp3) is 0.806. The molecule has 174 valence electrons. The molecule has 1 aromatic rings. The van der Waals surface area contributed by atoms with Crippen molar-refractivity contribution in [3.63, 3.8) is 0 Å². The van der Waals surface area contributed by atoms with Crippen LogP contribution in [0.4, 0.5) is 0 Å². The zero-order chi connectivity index (χ0) is 22.0. The van der Waals surface area contributed by atoms with Gasteiger partial charge in [-0.15, -0.1) is 0 Å². The van der Waals surface area contributed by atoms with Crippen molar-refractivity contribution in [2.45, 2.75) is 110 Å². The molecular formula is C31H44O. The molecule has 8 aliphatic carbocycles. The lowest BCUT2D eigenvalue weighted by Gasteiger charge is -2.71. The first kappa shape index (κ1) is 20.5. The van der Waals surface area contributed by atoms with E-state index in [0.717, 1.165) is 35.5 Å². The maximum absolute atomic E-state index is 13.7. The summed E-state index contributed by atoms with van der Waals surface area (Å²) >= 11 is 0. The van der Waals surface area contributed by atoms with Gasteiger partial charge in [-0.25, -0.2) is 0 Å². The number of hydrogen-bond acceptors (Lipinski definition) is 1. The first-order chi connectivity index (χ1) is 15.2. The lowest BCUT2D eigenvalue weighted by atomic mass is 9.35. The Hall–Kier alpha value is -0.820. The topological polar surface area (TPSA) is 20.2 Å². The van der Waals surface area contributed by atoms with Crippen molar-refractivity contribution in [3.8, 4) is 0 Å². The maximum atomic E-state index is 13.7. The third kappa shape index (κ3) is 2.45. The molecule has 0 aliphatic heterocycles. The van der Waals surface area contributed by atoms with E-state index in [0.29, 0.717) is 0 Å². The quantitative estimate of drug-likeness (QED) is 0.523. The SMILES string of the molecule is Cc1cc(C(O)(C23CC4CC(CC(C4)C2)C3)C23CC4CC(CC(C4)C2)C3)c(C)c(C)c1C. The molecule has 0 spiro atoms. The van der Waals surface area contributed by atoms with Crippen LogP contribution in [0.2, 0.25) is 0 Å². The number of rotatable bonds is 3. The first-order valence-electron chi connectivity index (χ1n) is 14.0. The van der Waals surface area contributed by atoms with E-state index in [1.54, 1.807) is 0 Å². The maximum Gasteiger partial charge on any atom is 0.101 e. The molecule has 32 heavy (non-hydrogen) atoms. The Morgan fingerprint density at radius 3 is 1.28 bits per heavy atom. The van der Waals surface area contributed by atoms with E-state index >= 15 is 0 Å². The van der Waals surface area contributed by atoms with Crippen LogP contribution in [0.25, 0.3) is 0 Å². The van der Waals surface area contributed by atoms with Crippen LogP contribution in [0, 0.1) is 74.0 Å². The van der Waals surface area contributed by atoms with E-state index in [-0.39, 0.29) is 10.8 Å². The third-order valence-corrected chi connectivity index (χ3v) is 12.5. The van der Waals surface area contributed by atoms with Crippen molar-refractivity contribution in [2.75, 3.05) is 0 Å². The van der Waals surface area contributed by atoms with Gasteiger partial charge >= 0.3 is 0 Å². The molecule has 0 amide bonds. The summed E-state index contributed by atoms with van der Waals surface area (Å²) in [4.78, 5) is 0. The molecule has 0 aromatic heterocycles. The van der Waals surface area contributed by atoms with Crippen molar-refractivity contribution in [1.29, 1.82) is 0 Å². The normalized spacial score (nSPS) is 47.8. The minimum Gasteiger partial charge on any atom is -0.384 e. The van der Waals surface area contributed by atoms with Crippen LogP contribution in [0.5, 0.6) is 0 Å². The van der Waals surface area contributed by atoms with Gasteiger partial charge in [0.1, 0.15) is 5.60 Å². The van der Waals surface area contributed by atoms with Crippen molar-refractivity contribution < 1.29 is 5.11 Å². The largest absolute Gasteiger partial charge is 0.384 e. The van der Waals surface area contributed by atoms with Gasteiger partial charge in [0, 0.05) is 10.8 Å². The number of hydrogen-bond donors (Lipinski definition) is 1. The van der Waals surface area contributed by atoms with Crippen LogP contribution in [-0.4, -0.2) is 5.11 Å². The summed E-state index contributed by atoms with van der Waals surface area (Å²) in [5.74, 6) is 5.30. The predicted octanol–water partition coefficient (Wildman–Crippen LogP) is 7.54. The Morgan fingerprint density at radius 2 is 0.938 bits per heavy atom. The standard InChI is InChI=1S/C31H44O/c1-18-5-28(21(4)20(3)19(18)2)31(32,29-12-22-6-23(13-29)8-24(7-22)14-29)30-15-25-9-26(16-30)11-27(10-25)17-30/h5,22-27,32H,6-17H2,1-4H3. The predicted molar refractivity (Wildman–Crippen MR) is 130 cm³/mol. The molecule has 8 fully saturated rings. The molecule has 0 unspecified atom stereocenters. The van der Waals surface area contributed by atoms with Gasteiger partial charge in [0.2, 0.25) is 0 Å². The van der Waals surface area contributed by atoms with Crippen molar-refractivity contribution in [1.82, 2.24) is 0 Å². The Kier molecular flexibility index (Phi) is 4.13. The van der Waals surface area contributed by atoms with Crippen LogP contribution >= 0.6 is 0 Å². The van der Waals surface area contributed by atoms with Crippen molar-refractivity contribution in [3.05, 3.63) is 33.9 Å². The molecule has 8 bridgehead atoms. The number of benzene rings is 1. The number of aryl methyl sites for hydroxylation is 1. The van der Waals surface area contributed by atoms with Crippen LogP contribution < -0.4 is 0 Å². The second-order valence-corrected chi connectivity index (χ2v) is 14.2. The average Bonchev–Trinajstić information content (AvgIpc) is 2.72. The fourth-order valence-corrected chi connectivity index (χ4v) is 11.8. The first-order valence-corrected chi connectivity index (χ1v) is 14.0. The highest BCUT2D eigenvalue weighted by Gasteiger charge is 2.70. The lowest BCUT2D eigenvalue weighted by molar-refractivity contribution is -0.278. The van der Waals surface area contributed by atoms with Gasteiger partial charge in [0.15, 0.2) is 0 Å². The third-order valence-electron chi connectivity index (χ3n) is 12.5. The zero-order valence-corrected chi connectivity index (χ0v) is 21.0. The van der Waals surface area contributed by atoms with Crippen LogP contribution in [0.1, 0.15) is 105 Å². The second-order valence-electron chi connectivity index (χ2n) is 14.2. The number of aliphatic hydroxyl groups is 1. The molecular weight excluding hydrogens is 388 g/mol. The van der Waals surface area contributed by atoms with Gasteiger partial charge < -0.3 is 5.11 Å². The Morgan fingerprint density at radius 1 is 0.594 bits per heavy atom. The Balaban J connectivity index is 1.48. The Bertz CT molecular complexity index is 853. The van der Waals surface area contributed by atoms with Crippen LogP contribution in [0.15, 0.2) is 6.07 Å². The van der Waals surface area contributed by atoms with E-state index in [2.05, 4.69) is 33.8 Å². The van der Waals surface area contributed by atoms with Crippen LogP contribution in [-0.2, 0) is 5.60 Å². The highest BCUT2D eigenvalue weighted by atomic mass is 16.3. The van der Waals surface area contributed by atoms with Gasteiger partial charge in [0.05, 0.1) is 0 Å². The molecule has 9 rings (SSSR count). The molecule has 0 saturated heterocycles. The molecule has 1 nitrogen and oxygen atoms in total. The lowest BCUT2D eigenvalue weighted by Crippen LogP contribution is -2.67. The van der Waals surface area contributed by atoms with Gasteiger partial charge in [0.25, 0.3) is 0 Å². The minimum absolute atomic E-state index is 0.131. The zero-order valence-electron chi connectivity index (χ0n) is 21.0. The molecule has 0 atom stereocenters. The molecule has 8 aliphatic rings. The summed E-state index contributed by atoms with van der Waals surface area (Å²) in [6.45, 7) is 9.26. The van der Waals surface area contributed by atoms with E-state index < -0.39 is 5.60 Å². The van der Waals surface area contributed by atoms with E-state index in [1.807, 2.05) is 0 Å². The molecule has 1 N–H and O–H groups in total. The van der Waals surface area contributed by atoms with Crippen molar-refractivity contribution >= 4 is 0 Å². The van der Waals surface area contributed by atoms with Crippen LogP contribution in [0.3, 0.4) is 0 Å². The smallest absolute Gasteiger partial charge is 0.101 e. The average molecular weight is 433 g/mol. The highest BCUT2D eigenvalue weighted by Crippen LogP contribution is 2.75. The van der Waals surface area contributed by atoms with Gasteiger partial charge in [-0.2, -0.15) is 0 Å². The van der Waals surface area contributed by atoms with E-state index in [9.17, 15) is 5.11 Å². The second kappa shape index (κ2) is 6.44. The van der Waals surface area contributed by atoms with E-state index in [1.165, 1.54) is 105 Å². The van der Waals surface area contributed by atoms with E-state index in [4.69, 9.17) is 0 Å². The monoisotopic (exact) mass is 432 g/mol. The fourth-order valence-electron chi connectivity index (χ4n) is 11.8. The van der Waals surface area contributed by atoms with Gasteiger partial charge in [-0.3, -0.25) is 0 Å².